The number of fused-ring (bicyclic) bond motifs is 2. The number of esters is 4. The molecule has 2 atom stereocenters. The molecule has 10 nitrogen and oxygen atoms in total. The molecule has 69 heavy (non-hydrogen) atoms. The van der Waals surface area contributed by atoms with Gasteiger partial charge in [0, 0.05) is 46.9 Å². The van der Waals surface area contributed by atoms with Crippen molar-refractivity contribution in [2.75, 3.05) is 26.4 Å². The molecule has 3 aromatic carbocycles. The van der Waals surface area contributed by atoms with Gasteiger partial charge in [-0.25, -0.2) is 0 Å². The van der Waals surface area contributed by atoms with Crippen LogP contribution in [0, 0.1) is 12.3 Å². The number of benzene rings is 3. The maximum atomic E-state index is 13.5. The number of hydrogen-bond acceptors (Lipinski definition) is 10. The maximum absolute atomic E-state index is 13.5. The van der Waals surface area contributed by atoms with E-state index in [1.807, 2.05) is 83.2 Å². The van der Waals surface area contributed by atoms with E-state index >= 15 is 0 Å². The predicted octanol–water partition coefficient (Wildman–Crippen LogP) is 12.1. The minimum absolute atomic E-state index is 0.123. The van der Waals surface area contributed by atoms with Crippen LogP contribution in [0.4, 0.5) is 0 Å². The lowest BCUT2D eigenvalue weighted by atomic mass is 9.80. The first-order valence-corrected chi connectivity index (χ1v) is 24.7. The number of rotatable bonds is 19. The first-order valence-electron chi connectivity index (χ1n) is 24.7. The molecule has 10 heteroatoms. The van der Waals surface area contributed by atoms with Gasteiger partial charge in [0.2, 0.25) is 0 Å². The molecule has 2 heterocycles. The monoisotopic (exact) mass is 945 g/mol. The van der Waals surface area contributed by atoms with E-state index in [0.717, 1.165) is 55.7 Å². The Kier molecular flexibility index (Phi) is 16.1. The lowest BCUT2D eigenvalue weighted by Gasteiger charge is -2.29. The predicted molar refractivity (Wildman–Crippen MR) is 270 cm³/mol. The quantitative estimate of drug-likeness (QED) is 0.0652. The van der Waals surface area contributed by atoms with Crippen LogP contribution in [0.3, 0.4) is 0 Å². The van der Waals surface area contributed by atoms with Crippen molar-refractivity contribution in [1.29, 1.82) is 0 Å². The molecule has 6 rings (SSSR count). The molecule has 0 radical (unpaired) electrons. The summed E-state index contributed by atoms with van der Waals surface area (Å²) in [4.78, 5) is 52.6. The number of allylic oxidation sites excluding steroid dienone is 5. The van der Waals surface area contributed by atoms with Crippen LogP contribution in [0.25, 0.3) is 0 Å². The Morgan fingerprint density at radius 3 is 1.70 bits per heavy atom. The van der Waals surface area contributed by atoms with Gasteiger partial charge < -0.3 is 28.4 Å². The molecule has 1 aliphatic carbocycles. The third-order valence-electron chi connectivity index (χ3n) is 13.6. The molecular formula is C59H76O10. The van der Waals surface area contributed by atoms with Crippen LogP contribution in [0.1, 0.15) is 172 Å². The highest BCUT2D eigenvalue weighted by atomic mass is 16.6. The number of ether oxygens (including phenoxy) is 6. The average molecular weight is 945 g/mol. The van der Waals surface area contributed by atoms with Gasteiger partial charge in [0.1, 0.15) is 29.9 Å². The van der Waals surface area contributed by atoms with Gasteiger partial charge in [0.15, 0.2) is 0 Å². The fraction of sp³-hybridized carbons (Fsp3) is 0.525. The number of aryl methyl sites for hydroxylation is 3. The second kappa shape index (κ2) is 21.0. The fourth-order valence-electron chi connectivity index (χ4n) is 8.97. The Morgan fingerprint density at radius 2 is 1.14 bits per heavy atom. The van der Waals surface area contributed by atoms with Crippen LogP contribution >= 0.6 is 0 Å². The summed E-state index contributed by atoms with van der Waals surface area (Å²) in [6.45, 7) is 29.9. The number of carbonyl (C=O) groups is 4. The van der Waals surface area contributed by atoms with E-state index in [1.165, 1.54) is 0 Å². The van der Waals surface area contributed by atoms with Crippen LogP contribution < -0.4 is 9.47 Å². The molecule has 0 bridgehead atoms. The normalized spacial score (nSPS) is 17.9. The second-order valence-electron chi connectivity index (χ2n) is 23.0. The van der Waals surface area contributed by atoms with Crippen molar-refractivity contribution >= 4 is 23.9 Å². The molecular weight excluding hydrogens is 869 g/mol. The van der Waals surface area contributed by atoms with E-state index in [2.05, 4.69) is 86.6 Å². The average Bonchev–Trinajstić information content (AvgIpc) is 3.71. The Bertz CT molecular complexity index is 2520. The standard InChI is InChI=1S/C59H76O10/c1-37-17-15-18-41(31-37)49-43-33-39(35-45(55(3,4)5)51(43)68-53(49)62)20-22-47(60)64-27-25-58(11,12)66-28-26-59(13,14)67-30-29-65-48(61)23-21-40-34-44-50(42-19-16-24-57(9,10)38(2)32-42)54(63)69-52(44)46(36-40)56(6,7)8/h15-19,24,31-36,49-50H,20-23,25-30H2,1-14H3. The Balaban J connectivity index is 0.919. The van der Waals surface area contributed by atoms with E-state index < -0.39 is 23.0 Å². The highest BCUT2D eigenvalue weighted by Gasteiger charge is 2.41. The van der Waals surface area contributed by atoms with Crippen molar-refractivity contribution in [2.45, 2.75) is 169 Å². The van der Waals surface area contributed by atoms with Gasteiger partial charge in [-0.1, -0.05) is 139 Å². The zero-order valence-corrected chi connectivity index (χ0v) is 43.7. The van der Waals surface area contributed by atoms with Crippen molar-refractivity contribution in [2.24, 2.45) is 5.41 Å². The van der Waals surface area contributed by atoms with Crippen LogP contribution in [-0.4, -0.2) is 61.5 Å². The van der Waals surface area contributed by atoms with Gasteiger partial charge in [-0.2, -0.15) is 0 Å². The summed E-state index contributed by atoms with van der Waals surface area (Å²) >= 11 is 0. The van der Waals surface area contributed by atoms with Crippen molar-refractivity contribution in [3.63, 3.8) is 0 Å². The van der Waals surface area contributed by atoms with Crippen molar-refractivity contribution in [3.05, 3.63) is 128 Å². The second-order valence-corrected chi connectivity index (χ2v) is 23.0. The molecule has 372 valence electrons. The third-order valence-corrected chi connectivity index (χ3v) is 13.6. The lowest BCUT2D eigenvalue weighted by Crippen LogP contribution is -2.32. The summed E-state index contributed by atoms with van der Waals surface area (Å²) < 4.78 is 35.5. The number of carbonyl (C=O) groups excluding carboxylic acids is 4. The highest BCUT2D eigenvalue weighted by molar-refractivity contribution is 5.92. The van der Waals surface area contributed by atoms with Gasteiger partial charge in [-0.3, -0.25) is 19.2 Å². The molecule has 0 saturated carbocycles. The summed E-state index contributed by atoms with van der Waals surface area (Å²) in [7, 11) is 0. The van der Waals surface area contributed by atoms with Crippen LogP contribution in [0.15, 0.2) is 84.0 Å². The molecule has 0 aromatic heterocycles. The van der Waals surface area contributed by atoms with E-state index in [-0.39, 0.29) is 72.8 Å². The molecule has 0 N–H and O–H groups in total. The molecule has 2 aliphatic heterocycles. The Morgan fingerprint density at radius 1 is 0.638 bits per heavy atom. The van der Waals surface area contributed by atoms with Crippen LogP contribution in [-0.2, 0) is 61.8 Å². The molecule has 2 unspecified atom stereocenters. The first-order chi connectivity index (χ1) is 32.1. The summed E-state index contributed by atoms with van der Waals surface area (Å²) in [5, 5.41) is 0. The summed E-state index contributed by atoms with van der Waals surface area (Å²) in [5.41, 5.74) is 7.73. The molecule has 0 spiro atoms. The summed E-state index contributed by atoms with van der Waals surface area (Å²) in [5.74, 6) is -0.988. The van der Waals surface area contributed by atoms with E-state index in [0.29, 0.717) is 43.8 Å². The van der Waals surface area contributed by atoms with Gasteiger partial charge in [0.05, 0.1) is 31.0 Å². The minimum atomic E-state index is -0.546. The largest absolute Gasteiger partial charge is 0.466 e. The SMILES string of the molecule is CC1=CC(C2C(=O)Oc3c2cc(CCC(=O)OCCOC(C)(C)CCOC(C)(C)CCOC(=O)CCc2cc4c(c(C(C)(C)C)c2)OC(=O)C4c2cccc(C)c2)cc3C(C)(C)C)=CC=CC1(C)C. The maximum Gasteiger partial charge on any atom is 0.323 e. The molecule has 0 saturated heterocycles. The third kappa shape index (κ3) is 13.5. The highest BCUT2D eigenvalue weighted by Crippen LogP contribution is 2.48. The molecule has 3 aromatic rings. The molecule has 0 fully saturated rings. The van der Waals surface area contributed by atoms with E-state index in [9.17, 15) is 19.2 Å². The first kappa shape index (κ1) is 53.0. The zero-order valence-electron chi connectivity index (χ0n) is 43.7. The van der Waals surface area contributed by atoms with Crippen LogP contribution in [0.2, 0.25) is 0 Å². The summed E-state index contributed by atoms with van der Waals surface area (Å²) in [6.07, 6.45) is 10.7. The Labute approximate surface area is 411 Å². The zero-order chi connectivity index (χ0) is 50.7. The number of hydrogen-bond donors (Lipinski definition) is 0. The topological polar surface area (TPSA) is 124 Å². The lowest BCUT2D eigenvalue weighted by molar-refractivity contribution is -0.149. The minimum Gasteiger partial charge on any atom is -0.466 e. The molecule has 0 amide bonds. The van der Waals surface area contributed by atoms with E-state index in [1.54, 1.807) is 0 Å². The van der Waals surface area contributed by atoms with Crippen molar-refractivity contribution < 1.29 is 47.6 Å². The van der Waals surface area contributed by atoms with Gasteiger partial charge in [-0.15, -0.1) is 0 Å². The van der Waals surface area contributed by atoms with Crippen LogP contribution in [0.5, 0.6) is 11.5 Å². The van der Waals surface area contributed by atoms with Gasteiger partial charge in [0.25, 0.3) is 0 Å². The van der Waals surface area contributed by atoms with Gasteiger partial charge >= 0.3 is 23.9 Å². The molecule has 3 aliphatic rings. The van der Waals surface area contributed by atoms with Crippen molar-refractivity contribution in [3.8, 4) is 11.5 Å². The Hall–Kier alpha value is -5.32. The van der Waals surface area contributed by atoms with Gasteiger partial charge in [-0.05, 0) is 93.9 Å². The van der Waals surface area contributed by atoms with Crippen molar-refractivity contribution in [1.82, 2.24) is 0 Å². The fourth-order valence-corrected chi connectivity index (χ4v) is 8.97. The van der Waals surface area contributed by atoms with E-state index in [4.69, 9.17) is 28.4 Å². The summed E-state index contributed by atoms with van der Waals surface area (Å²) in [6, 6.07) is 16.1. The smallest absolute Gasteiger partial charge is 0.323 e.